The molecule has 35 heavy (non-hydrogen) atoms. The van der Waals surface area contributed by atoms with Crippen LogP contribution in [0.1, 0.15) is 37.5 Å². The van der Waals surface area contributed by atoms with Gasteiger partial charge in [-0.25, -0.2) is 5.43 Å². The Morgan fingerprint density at radius 1 is 0.857 bits per heavy atom. The Labute approximate surface area is 206 Å². The minimum Gasteiger partial charge on any atom is -0.493 e. The summed E-state index contributed by atoms with van der Waals surface area (Å²) < 4.78 is 11.4. The predicted octanol–water partition coefficient (Wildman–Crippen LogP) is 6.09. The van der Waals surface area contributed by atoms with Crippen molar-refractivity contribution in [2.24, 2.45) is 5.10 Å². The first kappa shape index (κ1) is 24.0. The van der Waals surface area contributed by atoms with E-state index in [1.807, 2.05) is 85.8 Å². The zero-order valence-electron chi connectivity index (χ0n) is 20.3. The summed E-state index contributed by atoms with van der Waals surface area (Å²) in [4.78, 5) is 12.3. The molecule has 178 valence electrons. The van der Waals surface area contributed by atoms with E-state index in [2.05, 4.69) is 36.5 Å². The summed E-state index contributed by atoms with van der Waals surface area (Å²) in [7, 11) is 0. The van der Waals surface area contributed by atoms with Crippen molar-refractivity contribution in [3.8, 4) is 11.5 Å². The zero-order valence-corrected chi connectivity index (χ0v) is 20.3. The number of benzene rings is 4. The maximum atomic E-state index is 12.3. The van der Waals surface area contributed by atoms with Crippen LogP contribution in [0, 0.1) is 0 Å². The molecule has 0 heterocycles. The minimum atomic E-state index is -0.340. The first-order valence-electron chi connectivity index (χ1n) is 11.7. The second kappa shape index (κ2) is 10.9. The largest absolute Gasteiger partial charge is 0.493 e. The molecular weight excluding hydrogens is 436 g/mol. The molecule has 0 aliphatic heterocycles. The summed E-state index contributed by atoms with van der Waals surface area (Å²) in [5.41, 5.74) is 5.65. The highest BCUT2D eigenvalue weighted by Gasteiger charge is 2.22. The molecule has 0 aliphatic carbocycles. The standard InChI is InChI=1S/C30H30N2O3/c1-4-34-28-19-14-22-10-8-9-13-26(22)27(28)20-31-32-29(33)21-35-25-17-15-24(16-18-25)30(2,3)23-11-6-5-7-12-23/h5-20H,4,21H2,1-3H3,(H,32,33). The molecule has 5 heteroatoms. The maximum absolute atomic E-state index is 12.3. The molecule has 0 fully saturated rings. The number of rotatable bonds is 9. The first-order chi connectivity index (χ1) is 17.0. The molecule has 5 nitrogen and oxygen atoms in total. The Hall–Kier alpha value is -4.12. The van der Waals surface area contributed by atoms with E-state index < -0.39 is 0 Å². The molecule has 0 atom stereocenters. The number of hydrazone groups is 1. The van der Waals surface area contributed by atoms with Gasteiger partial charge in [-0.15, -0.1) is 0 Å². The van der Waals surface area contributed by atoms with Gasteiger partial charge in [0.2, 0.25) is 0 Å². The molecule has 4 rings (SSSR count). The van der Waals surface area contributed by atoms with E-state index in [1.54, 1.807) is 6.21 Å². The van der Waals surface area contributed by atoms with Crippen LogP contribution >= 0.6 is 0 Å². The fraction of sp³-hybridized carbons (Fsp3) is 0.200. The lowest BCUT2D eigenvalue weighted by molar-refractivity contribution is -0.123. The van der Waals surface area contributed by atoms with E-state index in [0.717, 1.165) is 22.1 Å². The van der Waals surface area contributed by atoms with E-state index in [0.29, 0.717) is 12.4 Å². The van der Waals surface area contributed by atoms with Crippen molar-refractivity contribution in [2.45, 2.75) is 26.2 Å². The van der Waals surface area contributed by atoms with Crippen LogP contribution in [-0.4, -0.2) is 25.3 Å². The highest BCUT2D eigenvalue weighted by Crippen LogP contribution is 2.32. The number of hydrogen-bond donors (Lipinski definition) is 1. The van der Waals surface area contributed by atoms with Gasteiger partial charge < -0.3 is 9.47 Å². The first-order valence-corrected chi connectivity index (χ1v) is 11.7. The monoisotopic (exact) mass is 466 g/mol. The lowest BCUT2D eigenvalue weighted by atomic mass is 9.78. The van der Waals surface area contributed by atoms with Gasteiger partial charge >= 0.3 is 0 Å². The van der Waals surface area contributed by atoms with Gasteiger partial charge in [0.25, 0.3) is 5.91 Å². The van der Waals surface area contributed by atoms with Crippen LogP contribution in [0.2, 0.25) is 0 Å². The zero-order chi connectivity index (χ0) is 24.7. The number of ether oxygens (including phenoxy) is 2. The summed E-state index contributed by atoms with van der Waals surface area (Å²) in [5, 5.41) is 6.22. The molecule has 0 bridgehead atoms. The molecule has 0 saturated heterocycles. The van der Waals surface area contributed by atoms with E-state index in [1.165, 1.54) is 11.1 Å². The van der Waals surface area contributed by atoms with Crippen LogP contribution in [0.25, 0.3) is 10.8 Å². The Morgan fingerprint density at radius 3 is 2.29 bits per heavy atom. The fourth-order valence-electron chi connectivity index (χ4n) is 4.03. The Morgan fingerprint density at radius 2 is 1.54 bits per heavy atom. The molecule has 0 aromatic heterocycles. The molecule has 0 unspecified atom stereocenters. The normalized spacial score (nSPS) is 11.5. The number of carbonyl (C=O) groups is 1. The number of fused-ring (bicyclic) bond motifs is 1. The molecule has 1 N–H and O–H groups in total. The summed E-state index contributed by atoms with van der Waals surface area (Å²) in [6.07, 6.45) is 1.62. The Bertz CT molecular complexity index is 1310. The van der Waals surface area contributed by atoms with Gasteiger partial charge in [0.05, 0.1) is 12.8 Å². The lowest BCUT2D eigenvalue weighted by Gasteiger charge is -2.26. The SMILES string of the molecule is CCOc1ccc2ccccc2c1C=NNC(=O)COc1ccc(C(C)(C)c2ccccc2)cc1. The smallest absolute Gasteiger partial charge is 0.277 e. The van der Waals surface area contributed by atoms with Crippen molar-refractivity contribution in [3.05, 3.63) is 108 Å². The summed E-state index contributed by atoms with van der Waals surface area (Å²) in [6, 6.07) is 30.1. The fourth-order valence-corrected chi connectivity index (χ4v) is 4.03. The topological polar surface area (TPSA) is 59.9 Å². The molecule has 0 radical (unpaired) electrons. The van der Waals surface area contributed by atoms with E-state index >= 15 is 0 Å². The Balaban J connectivity index is 1.37. The molecule has 0 aliphatic rings. The van der Waals surface area contributed by atoms with Crippen molar-refractivity contribution in [1.82, 2.24) is 5.43 Å². The van der Waals surface area contributed by atoms with Crippen molar-refractivity contribution >= 4 is 22.9 Å². The van der Waals surface area contributed by atoms with Crippen molar-refractivity contribution in [1.29, 1.82) is 0 Å². The van der Waals surface area contributed by atoms with Crippen LogP contribution < -0.4 is 14.9 Å². The van der Waals surface area contributed by atoms with Crippen LogP contribution in [0.4, 0.5) is 0 Å². The predicted molar refractivity (Wildman–Crippen MR) is 141 cm³/mol. The van der Waals surface area contributed by atoms with Gasteiger partial charge in [-0.2, -0.15) is 5.10 Å². The Kier molecular flexibility index (Phi) is 7.46. The lowest BCUT2D eigenvalue weighted by Crippen LogP contribution is -2.24. The minimum absolute atomic E-state index is 0.131. The highest BCUT2D eigenvalue weighted by molar-refractivity contribution is 6.02. The quantitative estimate of drug-likeness (QED) is 0.240. The third kappa shape index (κ3) is 5.69. The summed E-state index contributed by atoms with van der Waals surface area (Å²) >= 11 is 0. The molecule has 1 amide bonds. The van der Waals surface area contributed by atoms with Gasteiger partial charge in [0.15, 0.2) is 6.61 Å². The second-order valence-corrected chi connectivity index (χ2v) is 8.73. The number of nitrogens with one attached hydrogen (secondary N) is 1. The van der Waals surface area contributed by atoms with E-state index in [4.69, 9.17) is 9.47 Å². The van der Waals surface area contributed by atoms with Crippen molar-refractivity contribution < 1.29 is 14.3 Å². The summed E-state index contributed by atoms with van der Waals surface area (Å²) in [5.74, 6) is 1.01. The number of carbonyl (C=O) groups excluding carboxylic acids is 1. The van der Waals surface area contributed by atoms with Gasteiger partial charge in [-0.1, -0.05) is 86.6 Å². The van der Waals surface area contributed by atoms with E-state index in [9.17, 15) is 4.79 Å². The number of nitrogens with zero attached hydrogens (tertiary/aromatic N) is 1. The molecule has 4 aromatic rings. The van der Waals surface area contributed by atoms with Crippen molar-refractivity contribution in [3.63, 3.8) is 0 Å². The van der Waals surface area contributed by atoms with Gasteiger partial charge in [-0.05, 0) is 47.0 Å². The number of amides is 1. The molecule has 4 aromatic carbocycles. The third-order valence-electron chi connectivity index (χ3n) is 6.05. The van der Waals surface area contributed by atoms with E-state index in [-0.39, 0.29) is 17.9 Å². The average Bonchev–Trinajstić information content (AvgIpc) is 2.89. The van der Waals surface area contributed by atoms with Crippen LogP contribution in [-0.2, 0) is 10.2 Å². The van der Waals surface area contributed by atoms with Crippen LogP contribution in [0.3, 0.4) is 0 Å². The highest BCUT2D eigenvalue weighted by atomic mass is 16.5. The maximum Gasteiger partial charge on any atom is 0.277 e. The van der Waals surface area contributed by atoms with Crippen LogP contribution in [0.15, 0.2) is 96.1 Å². The second-order valence-electron chi connectivity index (χ2n) is 8.73. The number of hydrogen-bond acceptors (Lipinski definition) is 4. The van der Waals surface area contributed by atoms with Gasteiger partial charge in [-0.3, -0.25) is 4.79 Å². The molecular formula is C30H30N2O3. The average molecular weight is 467 g/mol. The van der Waals surface area contributed by atoms with Crippen molar-refractivity contribution in [2.75, 3.05) is 13.2 Å². The third-order valence-corrected chi connectivity index (χ3v) is 6.05. The summed E-state index contributed by atoms with van der Waals surface area (Å²) in [6.45, 7) is 6.73. The molecule has 0 saturated carbocycles. The van der Waals surface area contributed by atoms with Crippen LogP contribution in [0.5, 0.6) is 11.5 Å². The van der Waals surface area contributed by atoms with Gasteiger partial charge in [0.1, 0.15) is 11.5 Å². The molecule has 0 spiro atoms. The van der Waals surface area contributed by atoms with Gasteiger partial charge in [0, 0.05) is 11.0 Å².